The Morgan fingerprint density at radius 1 is 1.24 bits per heavy atom. The van der Waals surface area contributed by atoms with Crippen LogP contribution < -0.4 is 0 Å². The molecule has 2 aromatic rings. The van der Waals surface area contributed by atoms with E-state index in [0.717, 1.165) is 17.0 Å². The third-order valence-corrected chi connectivity index (χ3v) is 2.62. The summed E-state index contributed by atoms with van der Waals surface area (Å²) in [5, 5.41) is 13.5. The molecule has 4 heteroatoms. The molecule has 0 aliphatic rings. The highest BCUT2D eigenvalue weighted by Crippen LogP contribution is 2.18. The number of aromatic nitrogens is 2. The zero-order chi connectivity index (χ0) is 12.6. The van der Waals surface area contributed by atoms with E-state index in [0.29, 0.717) is 5.69 Å². The van der Waals surface area contributed by atoms with Crippen molar-refractivity contribution < 1.29 is 9.90 Å². The van der Waals surface area contributed by atoms with E-state index < -0.39 is 5.97 Å². The number of aromatic carboxylic acids is 1. The standard InChI is InChI=1S/C13H14N2O2/c1-8-4-5-11(13(16)17)12(6-8)15-10(3)7-9(2)14-15/h4-7H,1-3H3,(H,16,17). The van der Waals surface area contributed by atoms with Gasteiger partial charge in [0, 0.05) is 5.69 Å². The zero-order valence-electron chi connectivity index (χ0n) is 10.1. The summed E-state index contributed by atoms with van der Waals surface area (Å²) in [4.78, 5) is 11.2. The topological polar surface area (TPSA) is 55.1 Å². The number of rotatable bonds is 2. The van der Waals surface area contributed by atoms with E-state index in [1.165, 1.54) is 0 Å². The third kappa shape index (κ3) is 2.06. The number of carbonyl (C=O) groups is 1. The van der Waals surface area contributed by atoms with Crippen molar-refractivity contribution in [3.05, 3.63) is 46.8 Å². The van der Waals surface area contributed by atoms with E-state index in [2.05, 4.69) is 5.10 Å². The summed E-state index contributed by atoms with van der Waals surface area (Å²) in [5.41, 5.74) is 3.69. The van der Waals surface area contributed by atoms with Crippen molar-refractivity contribution in [1.82, 2.24) is 9.78 Å². The summed E-state index contributed by atoms with van der Waals surface area (Å²) >= 11 is 0. The molecular weight excluding hydrogens is 216 g/mol. The van der Waals surface area contributed by atoms with Gasteiger partial charge in [0.1, 0.15) is 0 Å². The molecule has 0 saturated heterocycles. The fourth-order valence-electron chi connectivity index (χ4n) is 1.87. The van der Waals surface area contributed by atoms with E-state index in [4.69, 9.17) is 0 Å². The van der Waals surface area contributed by atoms with Gasteiger partial charge in [-0.2, -0.15) is 5.10 Å². The van der Waals surface area contributed by atoms with Crippen LogP contribution in [0.15, 0.2) is 24.3 Å². The van der Waals surface area contributed by atoms with Crippen molar-refractivity contribution in [1.29, 1.82) is 0 Å². The van der Waals surface area contributed by atoms with Crippen LogP contribution in [0, 0.1) is 20.8 Å². The Morgan fingerprint density at radius 2 is 1.94 bits per heavy atom. The van der Waals surface area contributed by atoms with Crippen molar-refractivity contribution in [2.24, 2.45) is 0 Å². The summed E-state index contributed by atoms with van der Waals surface area (Å²) < 4.78 is 1.67. The first-order valence-corrected chi connectivity index (χ1v) is 5.36. The SMILES string of the molecule is Cc1ccc(C(=O)O)c(-n2nc(C)cc2C)c1. The average Bonchev–Trinajstić information content (AvgIpc) is 2.57. The molecule has 0 spiro atoms. The Kier molecular flexibility index (Phi) is 2.71. The molecule has 0 fully saturated rings. The zero-order valence-corrected chi connectivity index (χ0v) is 10.1. The van der Waals surface area contributed by atoms with Gasteiger partial charge in [0.15, 0.2) is 0 Å². The van der Waals surface area contributed by atoms with Crippen LogP contribution in [0.25, 0.3) is 5.69 Å². The van der Waals surface area contributed by atoms with E-state index >= 15 is 0 Å². The van der Waals surface area contributed by atoms with Gasteiger partial charge in [-0.3, -0.25) is 0 Å². The molecule has 0 unspecified atom stereocenters. The second kappa shape index (κ2) is 4.05. The highest BCUT2D eigenvalue weighted by molar-refractivity contribution is 5.92. The molecule has 0 radical (unpaired) electrons. The molecule has 1 N–H and O–H groups in total. The number of carboxylic acids is 1. The van der Waals surface area contributed by atoms with Crippen LogP contribution in [0.2, 0.25) is 0 Å². The Hall–Kier alpha value is -2.10. The fourth-order valence-corrected chi connectivity index (χ4v) is 1.87. The van der Waals surface area contributed by atoms with Gasteiger partial charge < -0.3 is 5.11 Å². The van der Waals surface area contributed by atoms with Crippen LogP contribution in [-0.4, -0.2) is 20.9 Å². The van der Waals surface area contributed by atoms with Crippen LogP contribution in [0.1, 0.15) is 27.3 Å². The molecular formula is C13H14N2O2. The van der Waals surface area contributed by atoms with Crippen LogP contribution in [-0.2, 0) is 0 Å². The first kappa shape index (κ1) is 11.4. The molecule has 4 nitrogen and oxygen atoms in total. The first-order valence-electron chi connectivity index (χ1n) is 5.36. The van der Waals surface area contributed by atoms with Gasteiger partial charge in [0.25, 0.3) is 0 Å². The van der Waals surface area contributed by atoms with E-state index in [-0.39, 0.29) is 5.56 Å². The minimum atomic E-state index is -0.937. The van der Waals surface area contributed by atoms with Gasteiger partial charge in [0.2, 0.25) is 0 Å². The summed E-state index contributed by atoms with van der Waals surface area (Å²) in [6.45, 7) is 5.73. The molecule has 1 aromatic heterocycles. The van der Waals surface area contributed by atoms with Crippen LogP contribution in [0.5, 0.6) is 0 Å². The Labute approximate surface area is 99.5 Å². The predicted molar refractivity (Wildman–Crippen MR) is 64.7 cm³/mol. The molecule has 0 aliphatic carbocycles. The maximum Gasteiger partial charge on any atom is 0.337 e. The largest absolute Gasteiger partial charge is 0.478 e. The van der Waals surface area contributed by atoms with E-state index in [1.54, 1.807) is 16.8 Å². The quantitative estimate of drug-likeness (QED) is 0.862. The molecule has 2 rings (SSSR count). The van der Waals surface area contributed by atoms with E-state index in [1.807, 2.05) is 32.9 Å². The van der Waals surface area contributed by atoms with Crippen LogP contribution in [0.4, 0.5) is 0 Å². The van der Waals surface area contributed by atoms with Gasteiger partial charge in [-0.1, -0.05) is 6.07 Å². The lowest BCUT2D eigenvalue weighted by Gasteiger charge is -2.09. The smallest absolute Gasteiger partial charge is 0.337 e. The normalized spacial score (nSPS) is 10.5. The predicted octanol–water partition coefficient (Wildman–Crippen LogP) is 2.50. The number of benzene rings is 1. The summed E-state index contributed by atoms with van der Waals surface area (Å²) in [6, 6.07) is 7.17. The second-order valence-electron chi connectivity index (χ2n) is 4.16. The van der Waals surface area contributed by atoms with E-state index in [9.17, 15) is 9.90 Å². The molecule has 0 saturated carbocycles. The minimum absolute atomic E-state index is 0.266. The Balaban J connectivity index is 2.69. The third-order valence-electron chi connectivity index (χ3n) is 2.62. The monoisotopic (exact) mass is 230 g/mol. The maximum atomic E-state index is 11.2. The van der Waals surface area contributed by atoms with Gasteiger partial charge >= 0.3 is 5.97 Å². The molecule has 1 heterocycles. The molecule has 1 aromatic carbocycles. The number of hydrogen-bond donors (Lipinski definition) is 1. The number of aryl methyl sites for hydroxylation is 3. The van der Waals surface area contributed by atoms with Gasteiger partial charge in [-0.05, 0) is 44.5 Å². The van der Waals surface area contributed by atoms with Gasteiger partial charge in [-0.15, -0.1) is 0 Å². The molecule has 0 amide bonds. The highest BCUT2D eigenvalue weighted by Gasteiger charge is 2.14. The van der Waals surface area contributed by atoms with Crippen molar-refractivity contribution in [3.63, 3.8) is 0 Å². The van der Waals surface area contributed by atoms with Crippen molar-refractivity contribution in [2.75, 3.05) is 0 Å². The summed E-state index contributed by atoms with van der Waals surface area (Å²) in [6.07, 6.45) is 0. The molecule has 17 heavy (non-hydrogen) atoms. The number of carboxylic acid groups (broad SMARTS) is 1. The van der Waals surface area contributed by atoms with Crippen molar-refractivity contribution in [3.8, 4) is 5.69 Å². The Morgan fingerprint density at radius 3 is 2.47 bits per heavy atom. The minimum Gasteiger partial charge on any atom is -0.478 e. The second-order valence-corrected chi connectivity index (χ2v) is 4.16. The molecule has 0 bridgehead atoms. The average molecular weight is 230 g/mol. The summed E-state index contributed by atoms with van der Waals surface area (Å²) in [7, 11) is 0. The lowest BCUT2D eigenvalue weighted by molar-refractivity contribution is 0.0696. The van der Waals surface area contributed by atoms with Gasteiger partial charge in [-0.25, -0.2) is 9.48 Å². The fraction of sp³-hybridized carbons (Fsp3) is 0.231. The highest BCUT2D eigenvalue weighted by atomic mass is 16.4. The summed E-state index contributed by atoms with van der Waals surface area (Å²) in [5.74, 6) is -0.937. The maximum absolute atomic E-state index is 11.2. The van der Waals surface area contributed by atoms with Crippen LogP contribution >= 0.6 is 0 Å². The number of nitrogens with zero attached hydrogens (tertiary/aromatic N) is 2. The van der Waals surface area contributed by atoms with Crippen molar-refractivity contribution in [2.45, 2.75) is 20.8 Å². The van der Waals surface area contributed by atoms with Crippen molar-refractivity contribution >= 4 is 5.97 Å². The van der Waals surface area contributed by atoms with Crippen LogP contribution in [0.3, 0.4) is 0 Å². The lowest BCUT2D eigenvalue weighted by atomic mass is 10.1. The Bertz CT molecular complexity index is 585. The molecule has 88 valence electrons. The van der Waals surface area contributed by atoms with Gasteiger partial charge in [0.05, 0.1) is 16.9 Å². The number of hydrogen-bond acceptors (Lipinski definition) is 2. The molecule has 0 aliphatic heterocycles. The molecule has 0 atom stereocenters. The first-order chi connectivity index (χ1) is 7.99. The lowest BCUT2D eigenvalue weighted by Crippen LogP contribution is -2.08.